The molecule has 0 saturated carbocycles. The summed E-state index contributed by atoms with van der Waals surface area (Å²) in [7, 11) is 0. The zero-order valence-corrected chi connectivity index (χ0v) is 15.8. The molecule has 0 aliphatic rings. The van der Waals surface area contributed by atoms with Crippen molar-refractivity contribution in [2.45, 2.75) is 6.92 Å². The van der Waals surface area contributed by atoms with Crippen LogP contribution in [0.3, 0.4) is 0 Å². The third kappa shape index (κ3) is 4.32. The van der Waals surface area contributed by atoms with Gasteiger partial charge in [0.1, 0.15) is 17.3 Å². The van der Waals surface area contributed by atoms with E-state index in [2.05, 4.69) is 15.3 Å². The molecule has 0 spiro atoms. The predicted octanol–water partition coefficient (Wildman–Crippen LogP) is 5.34. The van der Waals surface area contributed by atoms with Gasteiger partial charge in [-0.15, -0.1) is 0 Å². The Balaban J connectivity index is 1.60. The van der Waals surface area contributed by atoms with Crippen LogP contribution in [0.2, 0.25) is 0 Å². The van der Waals surface area contributed by atoms with Crippen LogP contribution in [0.1, 0.15) is 17.5 Å². The first-order valence-electron chi connectivity index (χ1n) is 9.27. The number of ether oxygens (including phenoxy) is 2. The van der Waals surface area contributed by atoms with Gasteiger partial charge in [0.25, 0.3) is 0 Å². The van der Waals surface area contributed by atoms with E-state index in [0.717, 1.165) is 22.6 Å². The molecule has 0 aliphatic heterocycles. The molecule has 1 heterocycles. The monoisotopic (exact) mass is 385 g/mol. The minimum Gasteiger partial charge on any atom is -0.460 e. The Morgan fingerprint density at radius 1 is 0.862 bits per heavy atom. The van der Waals surface area contributed by atoms with E-state index >= 15 is 0 Å². The van der Waals surface area contributed by atoms with Crippen LogP contribution in [0.15, 0.2) is 78.9 Å². The van der Waals surface area contributed by atoms with Crippen LogP contribution in [0.4, 0.5) is 11.5 Å². The summed E-state index contributed by atoms with van der Waals surface area (Å²) in [5, 5.41) is 4.07. The number of nitrogens with one attached hydrogen (secondary N) is 1. The van der Waals surface area contributed by atoms with Crippen LogP contribution in [-0.4, -0.2) is 22.5 Å². The molecule has 0 radical (unpaired) electrons. The van der Waals surface area contributed by atoms with Gasteiger partial charge in [-0.25, -0.2) is 14.8 Å². The second-order valence-corrected chi connectivity index (χ2v) is 6.20. The van der Waals surface area contributed by atoms with E-state index in [4.69, 9.17) is 9.47 Å². The smallest absolute Gasteiger partial charge is 0.376 e. The number of anilines is 2. The average Bonchev–Trinajstić information content (AvgIpc) is 2.76. The fraction of sp³-hybridized carbons (Fsp3) is 0.0870. The average molecular weight is 385 g/mol. The molecule has 4 rings (SSSR count). The molecule has 0 unspecified atom stereocenters. The van der Waals surface area contributed by atoms with Crippen molar-refractivity contribution in [1.82, 2.24) is 9.97 Å². The van der Waals surface area contributed by atoms with Crippen molar-refractivity contribution >= 4 is 28.4 Å². The van der Waals surface area contributed by atoms with Gasteiger partial charge in [-0.3, -0.25) is 0 Å². The van der Waals surface area contributed by atoms with Gasteiger partial charge in [0, 0.05) is 11.1 Å². The molecule has 1 N–H and O–H groups in total. The molecule has 4 aromatic rings. The van der Waals surface area contributed by atoms with Gasteiger partial charge in [0.05, 0.1) is 12.1 Å². The molecule has 3 aromatic carbocycles. The Kier molecular flexibility index (Phi) is 5.33. The van der Waals surface area contributed by atoms with Crippen molar-refractivity contribution in [3.63, 3.8) is 0 Å². The van der Waals surface area contributed by atoms with Gasteiger partial charge >= 0.3 is 5.97 Å². The molecule has 29 heavy (non-hydrogen) atoms. The Labute approximate surface area is 168 Å². The number of nitrogens with zero attached hydrogens (tertiary/aromatic N) is 2. The van der Waals surface area contributed by atoms with Gasteiger partial charge in [0.2, 0.25) is 5.82 Å². The van der Waals surface area contributed by atoms with E-state index < -0.39 is 5.97 Å². The topological polar surface area (TPSA) is 73.3 Å². The lowest BCUT2D eigenvalue weighted by Crippen LogP contribution is -2.11. The lowest BCUT2D eigenvalue weighted by Gasteiger charge is -2.11. The number of hydrogen-bond donors (Lipinski definition) is 1. The van der Waals surface area contributed by atoms with E-state index in [-0.39, 0.29) is 12.4 Å². The van der Waals surface area contributed by atoms with E-state index in [1.165, 1.54) is 0 Å². The molecule has 0 amide bonds. The molecular formula is C23H19N3O3. The summed E-state index contributed by atoms with van der Waals surface area (Å²) >= 11 is 0. The molecular weight excluding hydrogens is 366 g/mol. The van der Waals surface area contributed by atoms with E-state index in [9.17, 15) is 4.79 Å². The van der Waals surface area contributed by atoms with Gasteiger partial charge in [-0.2, -0.15) is 0 Å². The quantitative estimate of drug-likeness (QED) is 0.452. The third-order valence-corrected chi connectivity index (χ3v) is 4.16. The second kappa shape index (κ2) is 8.39. The summed E-state index contributed by atoms with van der Waals surface area (Å²) in [4.78, 5) is 20.8. The minimum atomic E-state index is -0.548. The molecule has 144 valence electrons. The number of esters is 1. The van der Waals surface area contributed by atoms with Crippen molar-refractivity contribution in [3.05, 3.63) is 84.7 Å². The zero-order chi connectivity index (χ0) is 20.1. The second-order valence-electron chi connectivity index (χ2n) is 6.20. The van der Waals surface area contributed by atoms with Crippen LogP contribution in [0.5, 0.6) is 11.5 Å². The highest BCUT2D eigenvalue weighted by molar-refractivity contribution is 5.95. The van der Waals surface area contributed by atoms with E-state index in [1.807, 2.05) is 78.9 Å². The van der Waals surface area contributed by atoms with Crippen LogP contribution in [-0.2, 0) is 4.74 Å². The fourth-order valence-electron chi connectivity index (χ4n) is 2.83. The van der Waals surface area contributed by atoms with Crippen molar-refractivity contribution in [2.75, 3.05) is 11.9 Å². The number of hydrogen-bond acceptors (Lipinski definition) is 6. The number of carbonyl (C=O) groups excluding carboxylic acids is 1. The number of rotatable bonds is 6. The Morgan fingerprint density at radius 2 is 1.55 bits per heavy atom. The van der Waals surface area contributed by atoms with Gasteiger partial charge < -0.3 is 14.8 Å². The Hall–Kier alpha value is -3.93. The van der Waals surface area contributed by atoms with Crippen molar-refractivity contribution in [3.8, 4) is 11.5 Å². The number of benzene rings is 3. The molecule has 6 nitrogen and oxygen atoms in total. The van der Waals surface area contributed by atoms with Crippen LogP contribution >= 0.6 is 0 Å². The molecule has 0 fully saturated rings. The fourth-order valence-corrected chi connectivity index (χ4v) is 2.83. The number of para-hydroxylation sites is 2. The summed E-state index contributed by atoms with van der Waals surface area (Å²) in [5.74, 6) is 1.51. The van der Waals surface area contributed by atoms with Gasteiger partial charge in [0.15, 0.2) is 0 Å². The highest BCUT2D eigenvalue weighted by Crippen LogP contribution is 2.27. The van der Waals surface area contributed by atoms with E-state index in [0.29, 0.717) is 11.3 Å². The van der Waals surface area contributed by atoms with Crippen LogP contribution in [0.25, 0.3) is 10.9 Å². The summed E-state index contributed by atoms with van der Waals surface area (Å²) in [6.07, 6.45) is 0. The van der Waals surface area contributed by atoms with Gasteiger partial charge in [-0.1, -0.05) is 30.3 Å². The highest BCUT2D eigenvalue weighted by Gasteiger charge is 2.15. The maximum absolute atomic E-state index is 12.1. The van der Waals surface area contributed by atoms with Gasteiger partial charge in [-0.05, 0) is 55.5 Å². The number of carbonyl (C=O) groups is 1. The molecule has 1 aromatic heterocycles. The molecule has 0 aliphatic carbocycles. The number of aromatic nitrogens is 2. The first kappa shape index (κ1) is 18.4. The van der Waals surface area contributed by atoms with Crippen molar-refractivity contribution in [1.29, 1.82) is 0 Å². The lowest BCUT2D eigenvalue weighted by atomic mass is 10.2. The summed E-state index contributed by atoms with van der Waals surface area (Å²) in [5.41, 5.74) is 1.47. The molecule has 0 atom stereocenters. The maximum atomic E-state index is 12.1. The molecule has 0 bridgehead atoms. The normalized spacial score (nSPS) is 10.5. The Bertz CT molecular complexity index is 1130. The van der Waals surface area contributed by atoms with Crippen LogP contribution in [0, 0.1) is 0 Å². The van der Waals surface area contributed by atoms with Crippen LogP contribution < -0.4 is 10.1 Å². The van der Waals surface area contributed by atoms with Crippen molar-refractivity contribution in [2.24, 2.45) is 0 Å². The molecule has 0 saturated heterocycles. The summed E-state index contributed by atoms with van der Waals surface area (Å²) < 4.78 is 10.9. The SMILES string of the molecule is CCOC(=O)c1nc(Nc2ccc(Oc3ccccc3)cc2)c2ccccc2n1. The third-order valence-electron chi connectivity index (χ3n) is 4.16. The first-order chi connectivity index (χ1) is 14.2. The number of fused-ring (bicyclic) bond motifs is 1. The summed E-state index contributed by atoms with van der Waals surface area (Å²) in [6.45, 7) is 2.01. The standard InChI is InChI=1S/C23H19N3O3/c1-2-28-23(27)22-25-20-11-7-6-10-19(20)21(26-22)24-16-12-14-18(15-13-16)29-17-8-4-3-5-9-17/h3-15H,2H2,1H3,(H,24,25,26). The molecule has 6 heteroatoms. The maximum Gasteiger partial charge on any atom is 0.376 e. The highest BCUT2D eigenvalue weighted by atomic mass is 16.5. The first-order valence-corrected chi connectivity index (χ1v) is 9.27. The van der Waals surface area contributed by atoms with E-state index in [1.54, 1.807) is 6.92 Å². The van der Waals surface area contributed by atoms with Crippen molar-refractivity contribution < 1.29 is 14.3 Å². The minimum absolute atomic E-state index is 0.0251. The zero-order valence-electron chi connectivity index (χ0n) is 15.8. The Morgan fingerprint density at radius 3 is 2.31 bits per heavy atom. The summed E-state index contributed by atoms with van der Waals surface area (Å²) in [6, 6.07) is 24.6. The lowest BCUT2D eigenvalue weighted by molar-refractivity contribution is 0.0512. The largest absolute Gasteiger partial charge is 0.460 e. The predicted molar refractivity (Wildman–Crippen MR) is 112 cm³/mol.